The molecule has 6 heteroatoms. The molecule has 2 amide bonds. The molecule has 1 atom stereocenters. The summed E-state index contributed by atoms with van der Waals surface area (Å²) in [6.07, 6.45) is 3.86. The van der Waals surface area contributed by atoms with Gasteiger partial charge in [-0.2, -0.15) is 0 Å². The third-order valence-corrected chi connectivity index (χ3v) is 5.93. The van der Waals surface area contributed by atoms with Gasteiger partial charge in [0, 0.05) is 52.0 Å². The van der Waals surface area contributed by atoms with E-state index >= 15 is 0 Å². The Morgan fingerprint density at radius 2 is 1.82 bits per heavy atom. The lowest BCUT2D eigenvalue weighted by atomic mass is 9.95. The Morgan fingerprint density at radius 3 is 2.46 bits per heavy atom. The first-order valence-corrected chi connectivity index (χ1v) is 10.3. The predicted octanol–water partition coefficient (Wildman–Crippen LogP) is 2.36. The monoisotopic (exact) mass is 388 g/mol. The van der Waals surface area contributed by atoms with Crippen molar-refractivity contribution >= 4 is 11.8 Å². The van der Waals surface area contributed by atoms with Crippen molar-refractivity contribution in [3.63, 3.8) is 0 Å². The lowest BCUT2D eigenvalue weighted by Gasteiger charge is -2.34. The summed E-state index contributed by atoms with van der Waals surface area (Å²) < 4.78 is 10.4. The van der Waals surface area contributed by atoms with E-state index < -0.39 is 0 Å². The van der Waals surface area contributed by atoms with Gasteiger partial charge in [-0.25, -0.2) is 0 Å². The quantitative estimate of drug-likeness (QED) is 0.686. The number of benzene rings is 1. The first kappa shape index (κ1) is 20.6. The molecule has 0 aromatic heterocycles. The van der Waals surface area contributed by atoms with Crippen molar-refractivity contribution in [2.75, 3.05) is 47.0 Å². The summed E-state index contributed by atoms with van der Waals surface area (Å²) in [5, 5.41) is 0. The van der Waals surface area contributed by atoms with E-state index in [0.717, 1.165) is 56.8 Å². The lowest BCUT2D eigenvalue weighted by molar-refractivity contribution is -0.133. The molecular weight excluding hydrogens is 356 g/mol. The number of rotatable bonds is 8. The minimum atomic E-state index is 0.228. The van der Waals surface area contributed by atoms with E-state index in [4.69, 9.17) is 9.47 Å². The van der Waals surface area contributed by atoms with Gasteiger partial charge < -0.3 is 19.3 Å². The van der Waals surface area contributed by atoms with E-state index in [9.17, 15) is 9.59 Å². The van der Waals surface area contributed by atoms with Gasteiger partial charge in [0.1, 0.15) is 5.75 Å². The van der Waals surface area contributed by atoms with Gasteiger partial charge in [-0.15, -0.1) is 0 Å². The van der Waals surface area contributed by atoms with Crippen LogP contribution < -0.4 is 4.74 Å². The summed E-state index contributed by atoms with van der Waals surface area (Å²) in [6, 6.07) is 7.90. The van der Waals surface area contributed by atoms with E-state index in [1.165, 1.54) is 0 Å². The molecule has 0 spiro atoms. The van der Waals surface area contributed by atoms with Gasteiger partial charge in [0.15, 0.2) is 0 Å². The molecule has 0 N–H and O–H groups in total. The topological polar surface area (TPSA) is 59.1 Å². The van der Waals surface area contributed by atoms with Crippen LogP contribution in [0.25, 0.3) is 0 Å². The molecule has 2 aliphatic heterocycles. The van der Waals surface area contributed by atoms with Crippen LogP contribution in [0.15, 0.2) is 24.3 Å². The molecule has 0 saturated carbocycles. The third-order valence-electron chi connectivity index (χ3n) is 5.93. The van der Waals surface area contributed by atoms with Crippen LogP contribution in [-0.4, -0.2) is 68.6 Å². The molecule has 28 heavy (non-hydrogen) atoms. The summed E-state index contributed by atoms with van der Waals surface area (Å²) >= 11 is 0. The van der Waals surface area contributed by atoms with Crippen LogP contribution in [-0.2, 0) is 20.7 Å². The molecular formula is C22H32N2O4. The predicted molar refractivity (Wildman–Crippen MR) is 107 cm³/mol. The summed E-state index contributed by atoms with van der Waals surface area (Å²) in [7, 11) is 3.34. The molecule has 0 bridgehead atoms. The summed E-state index contributed by atoms with van der Waals surface area (Å²) in [5.41, 5.74) is 1.15. The Morgan fingerprint density at radius 1 is 1.11 bits per heavy atom. The number of aryl methyl sites for hydroxylation is 1. The molecule has 0 radical (unpaired) electrons. The maximum atomic E-state index is 12.5. The fraction of sp³-hybridized carbons (Fsp3) is 0.636. The number of carbonyl (C=O) groups is 2. The number of hydrogen-bond acceptors (Lipinski definition) is 4. The number of hydrogen-bond donors (Lipinski definition) is 0. The van der Waals surface area contributed by atoms with Crippen molar-refractivity contribution < 1.29 is 19.1 Å². The number of ether oxygens (including phenoxy) is 2. The van der Waals surface area contributed by atoms with E-state index in [1.807, 2.05) is 34.1 Å². The number of likely N-dealkylation sites (tertiary alicyclic amines) is 2. The molecule has 1 aromatic carbocycles. The van der Waals surface area contributed by atoms with Gasteiger partial charge in [-0.3, -0.25) is 9.59 Å². The standard InChI is InChI=1S/C22H32N2O4/c1-27-16-19-13-22(26)24(15-19)14-18-9-11-23(12-10-18)21(25)8-5-17-3-6-20(28-2)7-4-17/h3-4,6-7,18-19H,5,8-16H2,1-2H3. The molecule has 1 unspecified atom stereocenters. The molecule has 2 fully saturated rings. The molecule has 2 heterocycles. The number of methoxy groups -OCH3 is 2. The lowest BCUT2D eigenvalue weighted by Crippen LogP contribution is -2.42. The average molecular weight is 389 g/mol. The first-order valence-electron chi connectivity index (χ1n) is 10.3. The molecule has 1 aromatic rings. The smallest absolute Gasteiger partial charge is 0.223 e. The first-order chi connectivity index (χ1) is 13.6. The summed E-state index contributed by atoms with van der Waals surface area (Å²) in [5.74, 6) is 2.14. The highest BCUT2D eigenvalue weighted by molar-refractivity contribution is 5.78. The molecule has 154 valence electrons. The third kappa shape index (κ3) is 5.47. The highest BCUT2D eigenvalue weighted by Crippen LogP contribution is 2.24. The average Bonchev–Trinajstić information content (AvgIpc) is 3.06. The van der Waals surface area contributed by atoms with Gasteiger partial charge in [-0.1, -0.05) is 12.1 Å². The molecule has 2 saturated heterocycles. The minimum absolute atomic E-state index is 0.228. The number of piperidine rings is 1. The van der Waals surface area contributed by atoms with Crippen molar-refractivity contribution in [2.24, 2.45) is 11.8 Å². The Balaban J connectivity index is 1.38. The van der Waals surface area contributed by atoms with Crippen molar-refractivity contribution in [1.29, 1.82) is 0 Å². The van der Waals surface area contributed by atoms with E-state index in [-0.39, 0.29) is 11.8 Å². The van der Waals surface area contributed by atoms with Crippen LogP contribution in [0.5, 0.6) is 5.75 Å². The maximum Gasteiger partial charge on any atom is 0.223 e. The van der Waals surface area contributed by atoms with Crippen molar-refractivity contribution in [3.05, 3.63) is 29.8 Å². The largest absolute Gasteiger partial charge is 0.497 e. The highest BCUT2D eigenvalue weighted by atomic mass is 16.5. The normalized spacial score (nSPS) is 20.6. The SMILES string of the molecule is COCC1CC(=O)N(CC2CCN(C(=O)CCc3ccc(OC)cc3)CC2)C1. The van der Waals surface area contributed by atoms with Crippen LogP contribution >= 0.6 is 0 Å². The van der Waals surface area contributed by atoms with Gasteiger partial charge in [-0.05, 0) is 42.9 Å². The van der Waals surface area contributed by atoms with Gasteiger partial charge >= 0.3 is 0 Å². The van der Waals surface area contributed by atoms with Crippen molar-refractivity contribution in [1.82, 2.24) is 9.80 Å². The number of amides is 2. The maximum absolute atomic E-state index is 12.5. The summed E-state index contributed by atoms with van der Waals surface area (Å²) in [6.45, 7) is 3.90. The van der Waals surface area contributed by atoms with E-state index in [0.29, 0.717) is 31.3 Å². The molecule has 2 aliphatic rings. The van der Waals surface area contributed by atoms with Crippen LogP contribution in [0.3, 0.4) is 0 Å². The number of nitrogens with zero attached hydrogens (tertiary/aromatic N) is 2. The number of carbonyl (C=O) groups excluding carboxylic acids is 2. The second-order valence-corrected chi connectivity index (χ2v) is 8.00. The Labute approximate surface area is 167 Å². The van der Waals surface area contributed by atoms with E-state index in [2.05, 4.69) is 0 Å². The Hall–Kier alpha value is -2.08. The van der Waals surface area contributed by atoms with Crippen LogP contribution in [0.4, 0.5) is 0 Å². The second kappa shape index (κ2) is 9.92. The van der Waals surface area contributed by atoms with Gasteiger partial charge in [0.25, 0.3) is 0 Å². The van der Waals surface area contributed by atoms with E-state index in [1.54, 1.807) is 14.2 Å². The second-order valence-electron chi connectivity index (χ2n) is 8.00. The molecule has 6 nitrogen and oxygen atoms in total. The zero-order valence-electron chi connectivity index (χ0n) is 17.1. The van der Waals surface area contributed by atoms with Crippen molar-refractivity contribution in [3.8, 4) is 5.75 Å². The fourth-order valence-corrected chi connectivity index (χ4v) is 4.26. The fourth-order valence-electron chi connectivity index (χ4n) is 4.26. The van der Waals surface area contributed by atoms with Crippen LogP contribution in [0, 0.1) is 11.8 Å². The van der Waals surface area contributed by atoms with Crippen LogP contribution in [0.2, 0.25) is 0 Å². The highest BCUT2D eigenvalue weighted by Gasteiger charge is 2.32. The zero-order valence-corrected chi connectivity index (χ0v) is 17.1. The van der Waals surface area contributed by atoms with Crippen molar-refractivity contribution in [2.45, 2.75) is 32.1 Å². The molecule has 3 rings (SSSR count). The Kier molecular flexibility index (Phi) is 7.31. The summed E-state index contributed by atoms with van der Waals surface area (Å²) in [4.78, 5) is 28.7. The van der Waals surface area contributed by atoms with Gasteiger partial charge in [0.2, 0.25) is 11.8 Å². The van der Waals surface area contributed by atoms with Gasteiger partial charge in [0.05, 0.1) is 13.7 Å². The zero-order chi connectivity index (χ0) is 19.9. The minimum Gasteiger partial charge on any atom is -0.497 e. The molecule has 0 aliphatic carbocycles. The van der Waals surface area contributed by atoms with Crippen LogP contribution in [0.1, 0.15) is 31.2 Å². The Bertz CT molecular complexity index is 653.